The minimum absolute atomic E-state index is 0.0869. The van der Waals surface area contributed by atoms with Crippen LogP contribution < -0.4 is 0 Å². The molecule has 1 aliphatic carbocycles. The van der Waals surface area contributed by atoms with Crippen LogP contribution in [0.25, 0.3) is 11.1 Å². The number of benzene rings is 1. The van der Waals surface area contributed by atoms with Gasteiger partial charge in [-0.1, -0.05) is 18.2 Å². The molecule has 2 fully saturated rings. The average Bonchev–Trinajstić information content (AvgIpc) is 3.34. The van der Waals surface area contributed by atoms with Crippen molar-refractivity contribution in [3.05, 3.63) is 83.7 Å². The summed E-state index contributed by atoms with van der Waals surface area (Å²) in [4.78, 5) is 21.7. The fourth-order valence-electron chi connectivity index (χ4n) is 4.76. The number of hydrogen-bond acceptors (Lipinski definition) is 6. The van der Waals surface area contributed by atoms with Crippen molar-refractivity contribution >= 4 is 5.78 Å². The first-order valence-electron chi connectivity index (χ1n) is 11.4. The number of rotatable bonds is 5. The summed E-state index contributed by atoms with van der Waals surface area (Å²) in [6, 6.07) is 14.0. The zero-order chi connectivity index (χ0) is 23.6. The quantitative estimate of drug-likeness (QED) is 0.513. The summed E-state index contributed by atoms with van der Waals surface area (Å²) in [5.41, 5.74) is 2.84. The molecule has 0 unspecified atom stereocenters. The second-order valence-corrected chi connectivity index (χ2v) is 8.92. The third-order valence-electron chi connectivity index (χ3n) is 6.81. The van der Waals surface area contributed by atoms with E-state index in [4.69, 9.17) is 9.47 Å². The van der Waals surface area contributed by atoms with Crippen molar-refractivity contribution in [2.24, 2.45) is 0 Å². The van der Waals surface area contributed by atoms with E-state index >= 15 is 0 Å². The van der Waals surface area contributed by atoms with Crippen molar-refractivity contribution in [1.82, 2.24) is 9.97 Å². The Hall–Kier alpha value is -3.47. The van der Waals surface area contributed by atoms with Gasteiger partial charge >= 0.3 is 0 Å². The molecule has 0 N–H and O–H groups in total. The fourth-order valence-corrected chi connectivity index (χ4v) is 4.76. The highest BCUT2D eigenvalue weighted by Gasteiger charge is 2.48. The molecule has 1 saturated carbocycles. The first kappa shape index (κ1) is 22.3. The highest BCUT2D eigenvalue weighted by molar-refractivity contribution is 5.98. The second kappa shape index (κ2) is 9.05. The van der Waals surface area contributed by atoms with Gasteiger partial charge in [0, 0.05) is 49.0 Å². The van der Waals surface area contributed by atoms with Gasteiger partial charge in [-0.15, -0.1) is 0 Å². The monoisotopic (exact) mass is 457 g/mol. The molecule has 0 radical (unpaired) electrons. The van der Waals surface area contributed by atoms with Gasteiger partial charge in [-0.05, 0) is 48.2 Å². The molecule has 0 bridgehead atoms. The van der Waals surface area contributed by atoms with E-state index in [0.29, 0.717) is 44.5 Å². The van der Waals surface area contributed by atoms with Gasteiger partial charge in [0.25, 0.3) is 0 Å². The predicted octanol–water partition coefficient (Wildman–Crippen LogP) is 4.79. The summed E-state index contributed by atoms with van der Waals surface area (Å²) in [6.07, 6.45) is 7.61. The number of ketones is 1. The number of Topliss-reactive ketones (excluding diaryl/α,β-unsaturated/α-hetero) is 1. The Balaban J connectivity index is 1.28. The van der Waals surface area contributed by atoms with Crippen LogP contribution in [0.5, 0.6) is 0 Å². The van der Waals surface area contributed by atoms with Gasteiger partial charge in [0.2, 0.25) is 0 Å². The van der Waals surface area contributed by atoms with Crippen molar-refractivity contribution in [3.63, 3.8) is 0 Å². The summed E-state index contributed by atoms with van der Waals surface area (Å²) >= 11 is 0. The number of carbonyl (C=O) groups is 1. The number of aromatic nitrogens is 2. The number of nitrogens with zero attached hydrogens (tertiary/aromatic N) is 3. The predicted molar refractivity (Wildman–Crippen MR) is 122 cm³/mol. The SMILES string of the molecule is N#CC1(c2ccc(CC(=O)c3cncc(-c4ccc(F)cc4)c3)cn2)CCC2(CC1)OCCO2. The summed E-state index contributed by atoms with van der Waals surface area (Å²) in [5, 5.41) is 9.97. The maximum Gasteiger partial charge on any atom is 0.168 e. The van der Waals surface area contributed by atoms with Crippen LogP contribution in [0.3, 0.4) is 0 Å². The van der Waals surface area contributed by atoms with Gasteiger partial charge in [-0.2, -0.15) is 5.26 Å². The Morgan fingerprint density at radius 3 is 2.35 bits per heavy atom. The standard InChI is InChI=1S/C27H24FN3O3/c28-23-4-2-20(3-5-23)21-14-22(17-30-16-21)24(32)13-19-1-6-25(31-15-19)26(18-29)7-9-27(10-8-26)33-11-12-34-27/h1-6,14-17H,7-13H2. The summed E-state index contributed by atoms with van der Waals surface area (Å²) in [6.45, 7) is 1.20. The smallest absolute Gasteiger partial charge is 0.168 e. The molecule has 0 amide bonds. The molecular weight excluding hydrogens is 433 g/mol. The second-order valence-electron chi connectivity index (χ2n) is 8.92. The van der Waals surface area contributed by atoms with E-state index in [1.165, 1.54) is 18.3 Å². The third kappa shape index (κ3) is 4.35. The molecule has 172 valence electrons. The van der Waals surface area contributed by atoms with E-state index in [0.717, 1.165) is 22.4 Å². The normalized spacial score (nSPS) is 18.5. The molecule has 6 nitrogen and oxygen atoms in total. The van der Waals surface area contributed by atoms with E-state index in [9.17, 15) is 14.4 Å². The van der Waals surface area contributed by atoms with E-state index in [1.807, 2.05) is 12.1 Å². The van der Waals surface area contributed by atoms with Crippen LogP contribution in [-0.2, 0) is 21.3 Å². The Bertz CT molecular complexity index is 1220. The number of ether oxygens (including phenoxy) is 2. The zero-order valence-electron chi connectivity index (χ0n) is 18.7. The summed E-state index contributed by atoms with van der Waals surface area (Å²) in [7, 11) is 0. The average molecular weight is 458 g/mol. The lowest BCUT2D eigenvalue weighted by molar-refractivity contribution is -0.182. The number of hydrogen-bond donors (Lipinski definition) is 0. The molecule has 1 aliphatic heterocycles. The number of carbonyl (C=O) groups excluding carboxylic acids is 1. The van der Waals surface area contributed by atoms with Crippen molar-refractivity contribution in [2.75, 3.05) is 13.2 Å². The topological polar surface area (TPSA) is 85.1 Å². The molecule has 2 aliphatic rings. The summed E-state index contributed by atoms with van der Waals surface area (Å²) in [5.74, 6) is -0.939. The lowest BCUT2D eigenvalue weighted by atomic mass is 9.70. The molecular formula is C27H24FN3O3. The van der Waals surface area contributed by atoms with Crippen molar-refractivity contribution in [1.29, 1.82) is 5.26 Å². The van der Waals surface area contributed by atoms with Crippen LogP contribution in [0, 0.1) is 17.1 Å². The van der Waals surface area contributed by atoms with Crippen LogP contribution in [0.2, 0.25) is 0 Å². The maximum absolute atomic E-state index is 13.2. The van der Waals surface area contributed by atoms with Crippen LogP contribution in [-0.4, -0.2) is 34.8 Å². The number of halogens is 1. The molecule has 0 atom stereocenters. The molecule has 7 heteroatoms. The van der Waals surface area contributed by atoms with Crippen molar-refractivity contribution in [3.8, 4) is 17.2 Å². The van der Waals surface area contributed by atoms with Gasteiger partial charge in [0.1, 0.15) is 5.82 Å². The largest absolute Gasteiger partial charge is 0.348 e. The van der Waals surface area contributed by atoms with Crippen LogP contribution in [0.1, 0.15) is 47.3 Å². The Kier molecular flexibility index (Phi) is 5.94. The highest BCUT2D eigenvalue weighted by Crippen LogP contribution is 2.45. The van der Waals surface area contributed by atoms with Gasteiger partial charge in [0.15, 0.2) is 11.6 Å². The molecule has 1 spiro atoms. The maximum atomic E-state index is 13.2. The molecule has 5 rings (SSSR count). The molecule has 3 heterocycles. The van der Waals surface area contributed by atoms with Crippen molar-refractivity contribution in [2.45, 2.75) is 43.3 Å². The zero-order valence-corrected chi connectivity index (χ0v) is 18.7. The fraction of sp³-hybridized carbons (Fsp3) is 0.333. The van der Waals surface area contributed by atoms with Gasteiger partial charge < -0.3 is 9.47 Å². The van der Waals surface area contributed by atoms with Crippen LogP contribution in [0.4, 0.5) is 4.39 Å². The molecule has 34 heavy (non-hydrogen) atoms. The number of nitriles is 1. The first-order chi connectivity index (χ1) is 16.5. The van der Waals surface area contributed by atoms with E-state index in [1.54, 1.807) is 30.6 Å². The first-order valence-corrected chi connectivity index (χ1v) is 11.4. The molecule has 1 saturated heterocycles. The molecule has 1 aromatic carbocycles. The highest BCUT2D eigenvalue weighted by atomic mass is 19.1. The summed E-state index contributed by atoms with van der Waals surface area (Å²) < 4.78 is 24.8. The number of pyridine rings is 2. The minimum Gasteiger partial charge on any atom is -0.348 e. The lowest BCUT2D eigenvalue weighted by Gasteiger charge is -2.39. The Morgan fingerprint density at radius 1 is 0.971 bits per heavy atom. The van der Waals surface area contributed by atoms with Gasteiger partial charge in [0.05, 0.1) is 30.4 Å². The van der Waals surface area contributed by atoms with E-state index < -0.39 is 11.2 Å². The van der Waals surface area contributed by atoms with Gasteiger partial charge in [-0.3, -0.25) is 14.8 Å². The third-order valence-corrected chi connectivity index (χ3v) is 6.81. The minimum atomic E-state index is -0.670. The van der Waals surface area contributed by atoms with Crippen LogP contribution in [0.15, 0.2) is 61.1 Å². The van der Waals surface area contributed by atoms with E-state index in [2.05, 4.69) is 16.0 Å². The Morgan fingerprint density at radius 2 is 1.71 bits per heavy atom. The van der Waals surface area contributed by atoms with Crippen molar-refractivity contribution < 1.29 is 18.7 Å². The van der Waals surface area contributed by atoms with Crippen LogP contribution >= 0.6 is 0 Å². The Labute approximate surface area is 197 Å². The molecule has 3 aromatic rings. The van der Waals surface area contributed by atoms with E-state index in [-0.39, 0.29) is 18.0 Å². The van der Waals surface area contributed by atoms with Gasteiger partial charge in [-0.25, -0.2) is 4.39 Å². The molecule has 2 aromatic heterocycles. The lowest BCUT2D eigenvalue weighted by Crippen LogP contribution is -2.41.